The molecule has 234 valence electrons. The van der Waals surface area contributed by atoms with Crippen molar-refractivity contribution in [3.05, 3.63) is 124 Å². The van der Waals surface area contributed by atoms with E-state index in [4.69, 9.17) is 16.3 Å². The summed E-state index contributed by atoms with van der Waals surface area (Å²) in [5, 5.41) is 24.2. The molecule has 0 saturated carbocycles. The first-order valence-electron chi connectivity index (χ1n) is 14.5. The van der Waals surface area contributed by atoms with Gasteiger partial charge in [-0.05, 0) is 78.0 Å². The van der Waals surface area contributed by atoms with E-state index in [-0.39, 0.29) is 18.3 Å². The second kappa shape index (κ2) is 15.2. The van der Waals surface area contributed by atoms with Crippen LogP contribution in [0.4, 0.5) is 0 Å². The van der Waals surface area contributed by atoms with Gasteiger partial charge in [0.05, 0.1) is 36.6 Å². The molecule has 0 aliphatic heterocycles. The summed E-state index contributed by atoms with van der Waals surface area (Å²) in [5.41, 5.74) is 6.41. The summed E-state index contributed by atoms with van der Waals surface area (Å²) in [4.78, 5) is 27.2. The van der Waals surface area contributed by atoms with Gasteiger partial charge in [0.2, 0.25) is 5.91 Å². The van der Waals surface area contributed by atoms with Gasteiger partial charge in [-0.3, -0.25) is 9.59 Å². The van der Waals surface area contributed by atoms with Crippen LogP contribution in [0, 0.1) is 0 Å². The van der Waals surface area contributed by atoms with Crippen LogP contribution in [-0.2, 0) is 33.7 Å². The Morgan fingerprint density at radius 1 is 1.00 bits per heavy atom. The lowest BCUT2D eigenvalue weighted by molar-refractivity contribution is -0.139. The molecular formula is C34H33ClN8O3. The summed E-state index contributed by atoms with van der Waals surface area (Å²) in [5.74, 6) is -0.624. The molecule has 12 heteroatoms. The fourth-order valence-corrected chi connectivity index (χ4v) is 5.09. The smallest absolute Gasteiger partial charge is 0.309 e. The Hall–Kier alpha value is -5.26. The van der Waals surface area contributed by atoms with Crippen LogP contribution in [-0.4, -0.2) is 68.4 Å². The van der Waals surface area contributed by atoms with Crippen molar-refractivity contribution in [3.8, 4) is 16.8 Å². The van der Waals surface area contributed by atoms with Gasteiger partial charge in [0.15, 0.2) is 0 Å². The van der Waals surface area contributed by atoms with Crippen molar-refractivity contribution in [3.63, 3.8) is 0 Å². The Morgan fingerprint density at radius 3 is 2.48 bits per heavy atom. The van der Waals surface area contributed by atoms with Crippen molar-refractivity contribution in [2.24, 2.45) is 0 Å². The van der Waals surface area contributed by atoms with E-state index in [1.807, 2.05) is 79.7 Å². The van der Waals surface area contributed by atoms with Crippen molar-refractivity contribution in [2.45, 2.75) is 25.4 Å². The van der Waals surface area contributed by atoms with E-state index >= 15 is 0 Å². The maximum atomic E-state index is 13.4. The molecule has 0 unspecified atom stereocenters. The molecule has 1 amide bonds. The molecule has 0 aliphatic carbocycles. The Balaban J connectivity index is 1.47. The largest absolute Gasteiger partial charge is 0.469 e. The van der Waals surface area contributed by atoms with E-state index < -0.39 is 6.04 Å². The topological polar surface area (TPSA) is 128 Å². The average molecular weight is 637 g/mol. The van der Waals surface area contributed by atoms with Crippen LogP contribution in [0.3, 0.4) is 0 Å². The molecule has 5 aromatic rings. The number of aromatic nitrogens is 6. The highest BCUT2D eigenvalue weighted by atomic mass is 35.5. The van der Waals surface area contributed by atoms with Gasteiger partial charge in [0.25, 0.3) is 0 Å². The Bertz CT molecular complexity index is 1810. The van der Waals surface area contributed by atoms with Gasteiger partial charge in [-0.25, -0.2) is 0 Å². The summed E-state index contributed by atoms with van der Waals surface area (Å²) in [6, 6.07) is 24.3. The van der Waals surface area contributed by atoms with Crippen molar-refractivity contribution in [1.29, 1.82) is 0 Å². The monoisotopic (exact) mass is 636 g/mol. The lowest BCUT2D eigenvalue weighted by Crippen LogP contribution is -2.29. The molecule has 5 rings (SSSR count). The van der Waals surface area contributed by atoms with Gasteiger partial charge in [-0.2, -0.15) is 14.9 Å². The molecule has 0 radical (unpaired) electrons. The lowest BCUT2D eigenvalue weighted by atomic mass is 9.97. The molecule has 2 aromatic heterocycles. The quantitative estimate of drug-likeness (QED) is 0.154. The van der Waals surface area contributed by atoms with Crippen molar-refractivity contribution < 1.29 is 14.3 Å². The zero-order valence-electron chi connectivity index (χ0n) is 25.7. The Kier molecular flexibility index (Phi) is 10.6. The number of hydrogen-bond donors (Lipinski definition) is 1. The van der Waals surface area contributed by atoms with Gasteiger partial charge in [0, 0.05) is 28.8 Å². The van der Waals surface area contributed by atoms with Crippen LogP contribution in [0.5, 0.6) is 0 Å². The number of amides is 1. The number of carbonyl (C=O) groups excluding carboxylic acids is 2. The highest BCUT2D eigenvalue weighted by molar-refractivity contribution is 6.30. The molecule has 1 N–H and O–H groups in total. The number of tetrazole rings is 1. The van der Waals surface area contributed by atoms with E-state index in [2.05, 4.69) is 31.0 Å². The van der Waals surface area contributed by atoms with Crippen molar-refractivity contribution in [2.75, 3.05) is 21.2 Å². The third-order valence-corrected chi connectivity index (χ3v) is 7.39. The number of nitrogens with one attached hydrogen (secondary N) is 1. The standard InChI is InChI=1S/C34H33ClN8O3/c1-42(2)21-31-28(25-11-9-24(10-12-25)18-34(45)46-3)20-30(38-39-31)29(17-23-7-5-4-6-8-23)37-33(44)16-13-26-19-27(35)14-15-32(26)43-22-36-40-41-43/h4-16,19-20,22,29H,17-18,21H2,1-3H3,(H,37,44)/b16-13+/t29-/m0/s1. The third kappa shape index (κ3) is 8.46. The zero-order chi connectivity index (χ0) is 32.5. The van der Waals surface area contributed by atoms with E-state index in [0.29, 0.717) is 34.9 Å². The van der Waals surface area contributed by atoms with E-state index in [1.54, 1.807) is 24.3 Å². The number of nitrogens with zero attached hydrogens (tertiary/aromatic N) is 7. The molecular weight excluding hydrogens is 604 g/mol. The number of hydrogen-bond acceptors (Lipinski definition) is 9. The molecule has 0 spiro atoms. The minimum atomic E-state index is -0.490. The summed E-state index contributed by atoms with van der Waals surface area (Å²) < 4.78 is 6.31. The normalized spacial score (nSPS) is 11.9. The summed E-state index contributed by atoms with van der Waals surface area (Å²) in [7, 11) is 5.31. The van der Waals surface area contributed by atoms with Crippen LogP contribution in [0.15, 0.2) is 91.3 Å². The van der Waals surface area contributed by atoms with Crippen molar-refractivity contribution in [1.82, 2.24) is 40.6 Å². The summed E-state index contributed by atoms with van der Waals surface area (Å²) >= 11 is 6.26. The predicted octanol–water partition coefficient (Wildman–Crippen LogP) is 4.66. The van der Waals surface area contributed by atoms with Crippen molar-refractivity contribution >= 4 is 29.6 Å². The number of methoxy groups -OCH3 is 1. The molecule has 0 saturated heterocycles. The fraction of sp³-hybridized carbons (Fsp3) is 0.206. The number of halogens is 1. The second-order valence-corrected chi connectivity index (χ2v) is 11.3. The minimum Gasteiger partial charge on any atom is -0.469 e. The van der Waals surface area contributed by atoms with Crippen LogP contribution in [0.1, 0.15) is 34.1 Å². The average Bonchev–Trinajstić information content (AvgIpc) is 3.59. The van der Waals surface area contributed by atoms with E-state index in [1.165, 1.54) is 24.2 Å². The third-order valence-electron chi connectivity index (χ3n) is 7.15. The summed E-state index contributed by atoms with van der Waals surface area (Å²) in [6.07, 6.45) is 5.27. The maximum absolute atomic E-state index is 13.4. The molecule has 11 nitrogen and oxygen atoms in total. The first-order chi connectivity index (χ1) is 22.3. The predicted molar refractivity (Wildman–Crippen MR) is 175 cm³/mol. The van der Waals surface area contributed by atoms with Crippen LogP contribution in [0.2, 0.25) is 5.02 Å². The second-order valence-electron chi connectivity index (χ2n) is 10.9. The number of ether oxygens (including phenoxy) is 1. The van der Waals surface area contributed by atoms with Gasteiger partial charge < -0.3 is 15.0 Å². The van der Waals surface area contributed by atoms with Gasteiger partial charge in [-0.15, -0.1) is 5.10 Å². The zero-order valence-corrected chi connectivity index (χ0v) is 26.4. The van der Waals surface area contributed by atoms with Crippen LogP contribution < -0.4 is 5.32 Å². The van der Waals surface area contributed by atoms with Gasteiger partial charge in [-0.1, -0.05) is 66.2 Å². The number of rotatable bonds is 12. The Morgan fingerprint density at radius 2 is 1.78 bits per heavy atom. The highest BCUT2D eigenvalue weighted by Gasteiger charge is 2.20. The molecule has 1 atom stereocenters. The highest BCUT2D eigenvalue weighted by Crippen LogP contribution is 2.28. The molecule has 3 aromatic carbocycles. The maximum Gasteiger partial charge on any atom is 0.309 e. The van der Waals surface area contributed by atoms with Gasteiger partial charge >= 0.3 is 5.97 Å². The SMILES string of the molecule is COC(=O)Cc1ccc(-c2cc([C@H](Cc3ccccc3)NC(=O)/C=C/c3cc(Cl)ccc3-n3cnnn3)nnc2CN(C)C)cc1. The molecule has 0 aliphatic rings. The van der Waals surface area contributed by atoms with E-state index in [9.17, 15) is 9.59 Å². The molecule has 2 heterocycles. The first kappa shape index (κ1) is 32.1. The van der Waals surface area contributed by atoms with Crippen LogP contribution in [0.25, 0.3) is 22.9 Å². The lowest BCUT2D eigenvalue weighted by Gasteiger charge is -2.20. The minimum absolute atomic E-state index is 0.187. The Labute approximate surface area is 271 Å². The fourth-order valence-electron chi connectivity index (χ4n) is 4.91. The number of carbonyl (C=O) groups is 2. The van der Waals surface area contributed by atoms with E-state index in [0.717, 1.165) is 27.9 Å². The molecule has 0 fully saturated rings. The number of benzene rings is 3. The molecule has 46 heavy (non-hydrogen) atoms. The molecule has 0 bridgehead atoms. The van der Waals surface area contributed by atoms with Gasteiger partial charge in [0.1, 0.15) is 6.33 Å². The number of esters is 1. The first-order valence-corrected chi connectivity index (χ1v) is 14.9. The summed E-state index contributed by atoms with van der Waals surface area (Å²) in [6.45, 7) is 0.564. The van der Waals surface area contributed by atoms with Crippen LogP contribution >= 0.6 is 11.6 Å².